The molecule has 0 radical (unpaired) electrons. The van der Waals surface area contributed by atoms with Crippen molar-refractivity contribution < 1.29 is 0 Å². The standard InChI is InChI=1S/C18H26N2/c1-3-5-12-17(8-4-2)20-14-16-10-6-9-15-11-7-13-19-18(15)16/h6-7,9-11,13,17,20H,3-5,8,12,14H2,1-2H3. The Kier molecular flexibility index (Phi) is 6.00. The molecule has 1 heterocycles. The molecule has 2 rings (SSSR count). The number of fused-ring (bicyclic) bond motifs is 1. The van der Waals surface area contributed by atoms with E-state index in [2.05, 4.69) is 48.4 Å². The van der Waals surface area contributed by atoms with Crippen LogP contribution in [-0.2, 0) is 6.54 Å². The molecule has 2 nitrogen and oxygen atoms in total. The molecule has 0 saturated carbocycles. The van der Waals surface area contributed by atoms with E-state index in [-0.39, 0.29) is 0 Å². The lowest BCUT2D eigenvalue weighted by Crippen LogP contribution is -2.28. The van der Waals surface area contributed by atoms with Crippen molar-refractivity contribution in [3.8, 4) is 0 Å². The second-order valence-electron chi connectivity index (χ2n) is 5.50. The van der Waals surface area contributed by atoms with E-state index in [4.69, 9.17) is 0 Å². The highest BCUT2D eigenvalue weighted by atomic mass is 14.9. The number of nitrogens with zero attached hydrogens (tertiary/aromatic N) is 1. The zero-order valence-corrected chi connectivity index (χ0v) is 12.7. The van der Waals surface area contributed by atoms with Gasteiger partial charge in [0, 0.05) is 24.2 Å². The van der Waals surface area contributed by atoms with Crippen molar-refractivity contribution in [1.29, 1.82) is 0 Å². The van der Waals surface area contributed by atoms with Gasteiger partial charge in [-0.25, -0.2) is 0 Å². The second-order valence-corrected chi connectivity index (χ2v) is 5.50. The number of pyridine rings is 1. The first-order valence-electron chi connectivity index (χ1n) is 7.91. The maximum Gasteiger partial charge on any atom is 0.0746 e. The van der Waals surface area contributed by atoms with E-state index < -0.39 is 0 Å². The van der Waals surface area contributed by atoms with E-state index in [0.29, 0.717) is 6.04 Å². The van der Waals surface area contributed by atoms with E-state index >= 15 is 0 Å². The predicted molar refractivity (Wildman–Crippen MR) is 86.8 cm³/mol. The van der Waals surface area contributed by atoms with Gasteiger partial charge in [0.1, 0.15) is 0 Å². The number of hydrogen-bond acceptors (Lipinski definition) is 2. The first-order chi connectivity index (χ1) is 9.85. The summed E-state index contributed by atoms with van der Waals surface area (Å²) in [6.07, 6.45) is 8.26. The fourth-order valence-electron chi connectivity index (χ4n) is 2.71. The highest BCUT2D eigenvalue weighted by Crippen LogP contribution is 2.16. The summed E-state index contributed by atoms with van der Waals surface area (Å²) in [5.41, 5.74) is 2.44. The molecule has 0 spiro atoms. The van der Waals surface area contributed by atoms with Crippen LogP contribution in [-0.4, -0.2) is 11.0 Å². The third-order valence-corrected chi connectivity index (χ3v) is 3.84. The lowest BCUT2D eigenvalue weighted by Gasteiger charge is -2.18. The monoisotopic (exact) mass is 270 g/mol. The topological polar surface area (TPSA) is 24.9 Å². The third kappa shape index (κ3) is 4.04. The first kappa shape index (κ1) is 15.0. The van der Waals surface area contributed by atoms with Crippen LogP contribution >= 0.6 is 0 Å². The molecule has 0 fully saturated rings. The Bertz CT molecular complexity index is 516. The lowest BCUT2D eigenvalue weighted by atomic mass is 10.0. The van der Waals surface area contributed by atoms with Crippen LogP contribution < -0.4 is 5.32 Å². The Labute approximate surface area is 122 Å². The molecule has 1 N–H and O–H groups in total. The molecule has 1 atom stereocenters. The van der Waals surface area contributed by atoms with Gasteiger partial charge in [0.2, 0.25) is 0 Å². The number of hydrogen-bond donors (Lipinski definition) is 1. The number of nitrogens with one attached hydrogen (secondary N) is 1. The highest BCUT2D eigenvalue weighted by Gasteiger charge is 2.08. The minimum Gasteiger partial charge on any atom is -0.310 e. The van der Waals surface area contributed by atoms with Crippen molar-refractivity contribution in [2.24, 2.45) is 0 Å². The van der Waals surface area contributed by atoms with Crippen molar-refractivity contribution >= 4 is 10.9 Å². The molecule has 0 saturated heterocycles. The van der Waals surface area contributed by atoms with Crippen LogP contribution in [0.2, 0.25) is 0 Å². The summed E-state index contributed by atoms with van der Waals surface area (Å²) in [5, 5.41) is 4.95. The molecule has 0 bridgehead atoms. The molecule has 2 heteroatoms. The Morgan fingerprint density at radius 3 is 2.70 bits per heavy atom. The molecule has 0 aliphatic carbocycles. The first-order valence-corrected chi connectivity index (χ1v) is 7.91. The van der Waals surface area contributed by atoms with E-state index in [1.54, 1.807) is 0 Å². The molecule has 0 aliphatic heterocycles. The van der Waals surface area contributed by atoms with Crippen LogP contribution in [0.25, 0.3) is 10.9 Å². The van der Waals surface area contributed by atoms with Crippen LogP contribution in [0.15, 0.2) is 36.5 Å². The molecule has 0 aliphatic rings. The zero-order chi connectivity index (χ0) is 14.2. The number of aromatic nitrogens is 1. The van der Waals surface area contributed by atoms with Gasteiger partial charge in [0.05, 0.1) is 5.52 Å². The highest BCUT2D eigenvalue weighted by molar-refractivity contribution is 5.81. The third-order valence-electron chi connectivity index (χ3n) is 3.84. The largest absolute Gasteiger partial charge is 0.310 e. The van der Waals surface area contributed by atoms with Crippen molar-refractivity contribution in [3.63, 3.8) is 0 Å². The fraction of sp³-hybridized carbons (Fsp3) is 0.500. The summed E-state index contributed by atoms with van der Waals surface area (Å²) in [4.78, 5) is 4.53. The Morgan fingerprint density at radius 1 is 1.05 bits per heavy atom. The molecule has 108 valence electrons. The summed E-state index contributed by atoms with van der Waals surface area (Å²) in [6.45, 7) is 5.44. The van der Waals surface area contributed by atoms with Crippen LogP contribution in [0.1, 0.15) is 51.5 Å². The van der Waals surface area contributed by atoms with Crippen molar-refractivity contribution in [2.75, 3.05) is 0 Å². The zero-order valence-electron chi connectivity index (χ0n) is 12.7. The molecular formula is C18H26N2. The van der Waals surface area contributed by atoms with Crippen molar-refractivity contribution in [3.05, 3.63) is 42.1 Å². The number of rotatable bonds is 8. The predicted octanol–water partition coefficient (Wildman–Crippen LogP) is 4.68. The van der Waals surface area contributed by atoms with Crippen molar-refractivity contribution in [2.45, 2.75) is 58.5 Å². The summed E-state index contributed by atoms with van der Waals surface area (Å²) in [7, 11) is 0. The maximum absolute atomic E-state index is 4.53. The Hall–Kier alpha value is -1.41. The summed E-state index contributed by atoms with van der Waals surface area (Å²) < 4.78 is 0. The summed E-state index contributed by atoms with van der Waals surface area (Å²) in [5.74, 6) is 0. The SMILES string of the molecule is CCCCC(CCC)NCc1cccc2cccnc12. The normalized spacial score (nSPS) is 12.7. The van der Waals surface area contributed by atoms with Crippen LogP contribution in [0.4, 0.5) is 0 Å². The average Bonchev–Trinajstić information content (AvgIpc) is 2.50. The summed E-state index contributed by atoms with van der Waals surface area (Å²) in [6, 6.07) is 11.2. The number of para-hydroxylation sites is 1. The minimum absolute atomic E-state index is 0.638. The van der Waals surface area contributed by atoms with Crippen LogP contribution in [0.5, 0.6) is 0 Å². The fourth-order valence-corrected chi connectivity index (χ4v) is 2.71. The molecule has 0 amide bonds. The molecule has 1 aromatic carbocycles. The number of benzene rings is 1. The van der Waals surface area contributed by atoms with E-state index in [9.17, 15) is 0 Å². The molecule has 1 aromatic heterocycles. The van der Waals surface area contributed by atoms with Gasteiger partial charge < -0.3 is 5.32 Å². The Balaban J connectivity index is 2.03. The minimum atomic E-state index is 0.638. The van der Waals surface area contributed by atoms with Crippen LogP contribution in [0.3, 0.4) is 0 Å². The number of unbranched alkanes of at least 4 members (excludes halogenated alkanes) is 1. The molecule has 20 heavy (non-hydrogen) atoms. The van der Waals surface area contributed by atoms with Gasteiger partial charge in [0.25, 0.3) is 0 Å². The molecule has 2 aromatic rings. The van der Waals surface area contributed by atoms with Gasteiger partial charge in [-0.3, -0.25) is 4.98 Å². The van der Waals surface area contributed by atoms with Crippen molar-refractivity contribution in [1.82, 2.24) is 10.3 Å². The van der Waals surface area contributed by atoms with Gasteiger partial charge >= 0.3 is 0 Å². The van der Waals surface area contributed by atoms with Gasteiger partial charge in [-0.1, -0.05) is 57.4 Å². The summed E-state index contributed by atoms with van der Waals surface area (Å²) >= 11 is 0. The Morgan fingerprint density at radius 2 is 1.90 bits per heavy atom. The maximum atomic E-state index is 4.53. The quantitative estimate of drug-likeness (QED) is 0.753. The van der Waals surface area contributed by atoms with Gasteiger partial charge in [-0.2, -0.15) is 0 Å². The van der Waals surface area contributed by atoms with E-state index in [0.717, 1.165) is 12.1 Å². The average molecular weight is 270 g/mol. The second kappa shape index (κ2) is 8.01. The van der Waals surface area contributed by atoms with E-state index in [1.807, 2.05) is 12.3 Å². The lowest BCUT2D eigenvalue weighted by molar-refractivity contribution is 0.434. The smallest absolute Gasteiger partial charge is 0.0746 e. The molecule has 1 unspecified atom stereocenters. The molecular weight excluding hydrogens is 244 g/mol. The van der Waals surface area contributed by atoms with Crippen LogP contribution in [0, 0.1) is 0 Å². The van der Waals surface area contributed by atoms with Gasteiger partial charge in [-0.05, 0) is 24.5 Å². The van der Waals surface area contributed by atoms with Gasteiger partial charge in [-0.15, -0.1) is 0 Å². The van der Waals surface area contributed by atoms with E-state index in [1.165, 1.54) is 43.1 Å². The van der Waals surface area contributed by atoms with Gasteiger partial charge in [0.15, 0.2) is 0 Å².